The minimum Gasteiger partial charge on any atom is -0.309 e. The van der Waals surface area contributed by atoms with Crippen molar-refractivity contribution >= 4 is 0 Å². The molecule has 0 spiro atoms. The van der Waals surface area contributed by atoms with Crippen molar-refractivity contribution in [2.75, 3.05) is 6.54 Å². The van der Waals surface area contributed by atoms with Gasteiger partial charge in [-0.3, -0.25) is 9.36 Å². The number of nitrogens with one attached hydrogen (secondary N) is 1. The van der Waals surface area contributed by atoms with Gasteiger partial charge in [0.2, 0.25) is 0 Å². The second-order valence-corrected chi connectivity index (χ2v) is 4.43. The summed E-state index contributed by atoms with van der Waals surface area (Å²) in [6, 6.07) is 2.32. The molecule has 0 aliphatic carbocycles. The molecule has 2 aromatic rings. The fraction of sp³-hybridized carbons (Fsp3) is 0.538. The molecule has 1 N–H and O–H groups in total. The fourth-order valence-electron chi connectivity index (χ4n) is 2.07. The second kappa shape index (κ2) is 5.82. The van der Waals surface area contributed by atoms with E-state index in [2.05, 4.69) is 41.6 Å². The Morgan fingerprint density at radius 1 is 1.39 bits per heavy atom. The molecule has 0 amide bonds. The van der Waals surface area contributed by atoms with Crippen molar-refractivity contribution in [3.63, 3.8) is 0 Å². The molecule has 1 atom stereocenters. The highest BCUT2D eigenvalue weighted by molar-refractivity contribution is 5.13. The zero-order valence-electron chi connectivity index (χ0n) is 11.3. The zero-order valence-corrected chi connectivity index (χ0v) is 11.3. The lowest BCUT2D eigenvalue weighted by atomic mass is 10.1. The van der Waals surface area contributed by atoms with Crippen LogP contribution in [0.5, 0.6) is 0 Å². The molecule has 0 saturated carbocycles. The molecule has 0 saturated heterocycles. The molecule has 2 rings (SSSR count). The van der Waals surface area contributed by atoms with E-state index in [1.165, 1.54) is 5.56 Å². The first kappa shape index (κ1) is 12.8. The van der Waals surface area contributed by atoms with E-state index < -0.39 is 0 Å². The summed E-state index contributed by atoms with van der Waals surface area (Å²) in [6.45, 7) is 6.06. The first-order valence-electron chi connectivity index (χ1n) is 6.47. The van der Waals surface area contributed by atoms with E-state index in [1.54, 1.807) is 0 Å². The van der Waals surface area contributed by atoms with Crippen LogP contribution in [0.15, 0.2) is 24.7 Å². The summed E-state index contributed by atoms with van der Waals surface area (Å²) >= 11 is 0. The van der Waals surface area contributed by atoms with Crippen LogP contribution < -0.4 is 5.32 Å². The molecule has 18 heavy (non-hydrogen) atoms. The summed E-state index contributed by atoms with van der Waals surface area (Å²) in [4.78, 5) is 0. The van der Waals surface area contributed by atoms with Crippen LogP contribution in [0.2, 0.25) is 0 Å². The van der Waals surface area contributed by atoms with Crippen molar-refractivity contribution in [1.82, 2.24) is 24.9 Å². The Morgan fingerprint density at radius 3 is 2.78 bits per heavy atom. The minimum absolute atomic E-state index is 0.255. The molecule has 0 aromatic carbocycles. The van der Waals surface area contributed by atoms with Gasteiger partial charge in [0.25, 0.3) is 0 Å². The van der Waals surface area contributed by atoms with E-state index in [9.17, 15) is 0 Å². The third-order valence-corrected chi connectivity index (χ3v) is 2.99. The van der Waals surface area contributed by atoms with E-state index in [1.807, 2.05) is 28.8 Å². The van der Waals surface area contributed by atoms with Gasteiger partial charge < -0.3 is 5.32 Å². The average molecular weight is 247 g/mol. The van der Waals surface area contributed by atoms with E-state index in [0.29, 0.717) is 0 Å². The summed E-state index contributed by atoms with van der Waals surface area (Å²) in [7, 11) is 1.95. The van der Waals surface area contributed by atoms with Gasteiger partial charge >= 0.3 is 0 Å². The molecule has 5 nitrogen and oxygen atoms in total. The summed E-state index contributed by atoms with van der Waals surface area (Å²) < 4.78 is 3.80. The van der Waals surface area contributed by atoms with Gasteiger partial charge in [0.1, 0.15) is 0 Å². The Kier molecular flexibility index (Phi) is 4.15. The molecule has 5 heteroatoms. The number of rotatable bonds is 6. The normalized spacial score (nSPS) is 12.8. The quantitative estimate of drug-likeness (QED) is 0.842. The zero-order chi connectivity index (χ0) is 13.0. The van der Waals surface area contributed by atoms with Crippen molar-refractivity contribution in [3.05, 3.63) is 35.9 Å². The van der Waals surface area contributed by atoms with Crippen molar-refractivity contribution < 1.29 is 0 Å². The van der Waals surface area contributed by atoms with Crippen LogP contribution in [0, 0.1) is 0 Å². The maximum Gasteiger partial charge on any atom is 0.0797 e. The standard InChI is InChI=1S/C13H21N5/c1-4-14-13(12-6-7-17(3)16-12)8-11-9-15-18(5-2)10-11/h6-7,9-10,13-14H,4-5,8H2,1-3H3. The third kappa shape index (κ3) is 2.98. The van der Waals surface area contributed by atoms with Gasteiger partial charge in [-0.2, -0.15) is 10.2 Å². The van der Waals surface area contributed by atoms with Crippen molar-refractivity contribution in [2.24, 2.45) is 7.05 Å². The first-order valence-corrected chi connectivity index (χ1v) is 6.47. The van der Waals surface area contributed by atoms with Crippen LogP contribution in [0.3, 0.4) is 0 Å². The fourth-order valence-corrected chi connectivity index (χ4v) is 2.07. The monoisotopic (exact) mass is 247 g/mol. The maximum absolute atomic E-state index is 4.48. The van der Waals surface area contributed by atoms with Crippen molar-refractivity contribution in [1.29, 1.82) is 0 Å². The predicted molar refractivity (Wildman–Crippen MR) is 71.2 cm³/mol. The molecular formula is C13H21N5. The van der Waals surface area contributed by atoms with E-state index in [0.717, 1.165) is 25.2 Å². The average Bonchev–Trinajstić information content (AvgIpc) is 2.97. The highest BCUT2D eigenvalue weighted by atomic mass is 15.3. The van der Waals surface area contributed by atoms with Crippen LogP contribution in [0.1, 0.15) is 31.1 Å². The van der Waals surface area contributed by atoms with Gasteiger partial charge in [-0.25, -0.2) is 0 Å². The number of aromatic nitrogens is 4. The lowest BCUT2D eigenvalue weighted by molar-refractivity contribution is 0.527. The van der Waals surface area contributed by atoms with Gasteiger partial charge in [0.15, 0.2) is 0 Å². The Bertz CT molecular complexity index is 485. The Hall–Kier alpha value is -1.62. The Morgan fingerprint density at radius 2 is 2.22 bits per heavy atom. The highest BCUT2D eigenvalue weighted by Crippen LogP contribution is 2.16. The van der Waals surface area contributed by atoms with Gasteiger partial charge in [-0.05, 0) is 31.5 Å². The van der Waals surface area contributed by atoms with Crippen LogP contribution in [0.25, 0.3) is 0 Å². The van der Waals surface area contributed by atoms with E-state index in [4.69, 9.17) is 0 Å². The van der Waals surface area contributed by atoms with Crippen LogP contribution >= 0.6 is 0 Å². The summed E-state index contributed by atoms with van der Waals surface area (Å²) in [5, 5.41) is 12.3. The number of aryl methyl sites for hydroxylation is 2. The number of likely N-dealkylation sites (N-methyl/N-ethyl adjacent to an activating group) is 1. The van der Waals surface area contributed by atoms with E-state index in [-0.39, 0.29) is 6.04 Å². The number of hydrogen-bond donors (Lipinski definition) is 1. The molecule has 2 aromatic heterocycles. The van der Waals surface area contributed by atoms with Crippen LogP contribution in [0.4, 0.5) is 0 Å². The van der Waals surface area contributed by atoms with Crippen LogP contribution in [-0.4, -0.2) is 26.1 Å². The van der Waals surface area contributed by atoms with Crippen molar-refractivity contribution in [2.45, 2.75) is 32.9 Å². The molecular weight excluding hydrogens is 226 g/mol. The summed E-state index contributed by atoms with van der Waals surface area (Å²) in [5.41, 5.74) is 2.33. The molecule has 0 bridgehead atoms. The predicted octanol–water partition coefficient (Wildman–Crippen LogP) is 1.53. The molecule has 0 aliphatic rings. The van der Waals surface area contributed by atoms with Crippen molar-refractivity contribution in [3.8, 4) is 0 Å². The SMILES string of the molecule is CCNC(Cc1cnn(CC)c1)c1ccn(C)n1. The van der Waals surface area contributed by atoms with Crippen LogP contribution in [-0.2, 0) is 20.0 Å². The molecule has 0 fully saturated rings. The summed E-state index contributed by atoms with van der Waals surface area (Å²) in [5.74, 6) is 0. The molecule has 1 unspecified atom stereocenters. The molecule has 2 heterocycles. The van der Waals surface area contributed by atoms with Gasteiger partial charge in [0, 0.05) is 26.0 Å². The summed E-state index contributed by atoms with van der Waals surface area (Å²) in [6.07, 6.45) is 6.95. The second-order valence-electron chi connectivity index (χ2n) is 4.43. The lowest BCUT2D eigenvalue weighted by Crippen LogP contribution is -2.23. The Balaban J connectivity index is 2.10. The first-order chi connectivity index (χ1) is 8.72. The molecule has 0 aliphatic heterocycles. The van der Waals surface area contributed by atoms with Gasteiger partial charge in [-0.15, -0.1) is 0 Å². The third-order valence-electron chi connectivity index (χ3n) is 2.99. The largest absolute Gasteiger partial charge is 0.309 e. The topological polar surface area (TPSA) is 47.7 Å². The smallest absolute Gasteiger partial charge is 0.0797 e. The van der Waals surface area contributed by atoms with E-state index >= 15 is 0 Å². The molecule has 98 valence electrons. The van der Waals surface area contributed by atoms with Gasteiger partial charge in [0.05, 0.1) is 17.9 Å². The Labute approximate surface area is 108 Å². The minimum atomic E-state index is 0.255. The highest BCUT2D eigenvalue weighted by Gasteiger charge is 2.14. The number of nitrogens with zero attached hydrogens (tertiary/aromatic N) is 4. The maximum atomic E-state index is 4.48. The van der Waals surface area contributed by atoms with Gasteiger partial charge in [-0.1, -0.05) is 6.92 Å². The number of hydrogen-bond acceptors (Lipinski definition) is 3. The lowest BCUT2D eigenvalue weighted by Gasteiger charge is -2.14. The molecule has 0 radical (unpaired) electrons.